The summed E-state index contributed by atoms with van der Waals surface area (Å²) >= 11 is 0. The molecule has 1 N–H and O–H groups in total. The molecule has 2 fully saturated rings. The molecule has 5 heteroatoms. The van der Waals surface area contributed by atoms with Crippen LogP contribution in [0, 0.1) is 0 Å². The average molecular weight is 241 g/mol. The lowest BCUT2D eigenvalue weighted by Gasteiger charge is -2.41. The predicted octanol–water partition coefficient (Wildman–Crippen LogP) is 0.224. The third-order valence-electron chi connectivity index (χ3n) is 3.38. The average Bonchev–Trinajstić information content (AvgIpc) is 2.39. The lowest BCUT2D eigenvalue weighted by Crippen LogP contribution is -2.59. The van der Waals surface area contributed by atoms with Crippen LogP contribution in [0.4, 0.5) is 0 Å². The van der Waals surface area contributed by atoms with E-state index in [4.69, 9.17) is 4.74 Å². The molecule has 0 saturated carbocycles. The molecule has 0 spiro atoms. The standard InChI is InChI=1S/C12H23N3O2/c1-2-5-13-11-4-3-6-15(12(11)16)14-7-9-17-10-8-14/h11,13H,2-10H2,1H3. The number of carbonyl (C=O) groups excluding carboxylic acids is 1. The number of rotatable bonds is 4. The van der Waals surface area contributed by atoms with Crippen molar-refractivity contribution in [2.24, 2.45) is 0 Å². The number of nitrogens with one attached hydrogen (secondary N) is 1. The Morgan fingerprint density at radius 2 is 2.12 bits per heavy atom. The molecule has 5 nitrogen and oxygen atoms in total. The summed E-state index contributed by atoms with van der Waals surface area (Å²) in [6, 6.07) is 0.0199. The Hall–Kier alpha value is -0.650. The van der Waals surface area contributed by atoms with Crippen molar-refractivity contribution < 1.29 is 9.53 Å². The van der Waals surface area contributed by atoms with Gasteiger partial charge in [0, 0.05) is 19.6 Å². The van der Waals surface area contributed by atoms with Crippen molar-refractivity contribution in [3.63, 3.8) is 0 Å². The van der Waals surface area contributed by atoms with E-state index in [1.807, 2.05) is 5.01 Å². The maximum atomic E-state index is 12.3. The molecule has 0 aliphatic carbocycles. The van der Waals surface area contributed by atoms with E-state index in [-0.39, 0.29) is 11.9 Å². The third-order valence-corrected chi connectivity index (χ3v) is 3.38. The lowest BCUT2D eigenvalue weighted by molar-refractivity contribution is -0.163. The van der Waals surface area contributed by atoms with Gasteiger partial charge in [-0.2, -0.15) is 0 Å². The molecule has 0 radical (unpaired) electrons. The first-order chi connectivity index (χ1) is 8.33. The van der Waals surface area contributed by atoms with Gasteiger partial charge in [-0.25, -0.2) is 5.01 Å². The second-order valence-corrected chi connectivity index (χ2v) is 4.68. The number of nitrogens with zero attached hydrogens (tertiary/aromatic N) is 2. The van der Waals surface area contributed by atoms with Gasteiger partial charge >= 0.3 is 0 Å². The molecule has 2 aliphatic rings. The normalized spacial score (nSPS) is 27.5. The minimum Gasteiger partial charge on any atom is -0.379 e. The summed E-state index contributed by atoms with van der Waals surface area (Å²) in [4.78, 5) is 12.3. The van der Waals surface area contributed by atoms with Crippen LogP contribution in [0.2, 0.25) is 0 Å². The highest BCUT2D eigenvalue weighted by molar-refractivity contribution is 5.82. The van der Waals surface area contributed by atoms with Crippen molar-refractivity contribution in [3.8, 4) is 0 Å². The molecule has 2 heterocycles. The second-order valence-electron chi connectivity index (χ2n) is 4.68. The molecular formula is C12H23N3O2. The smallest absolute Gasteiger partial charge is 0.253 e. The molecule has 0 aromatic carbocycles. The fourth-order valence-corrected chi connectivity index (χ4v) is 2.44. The second kappa shape index (κ2) is 6.33. The largest absolute Gasteiger partial charge is 0.379 e. The van der Waals surface area contributed by atoms with Gasteiger partial charge in [0.05, 0.1) is 19.3 Å². The number of amides is 1. The first-order valence-electron chi connectivity index (χ1n) is 6.70. The van der Waals surface area contributed by atoms with Gasteiger partial charge in [0.1, 0.15) is 0 Å². The van der Waals surface area contributed by atoms with E-state index < -0.39 is 0 Å². The van der Waals surface area contributed by atoms with Crippen LogP contribution < -0.4 is 5.32 Å². The maximum Gasteiger partial charge on any atom is 0.253 e. The Balaban J connectivity index is 1.90. The van der Waals surface area contributed by atoms with E-state index in [1.165, 1.54) is 0 Å². The number of carbonyl (C=O) groups is 1. The topological polar surface area (TPSA) is 44.8 Å². The molecule has 0 aromatic heterocycles. The summed E-state index contributed by atoms with van der Waals surface area (Å²) in [5.41, 5.74) is 0. The third kappa shape index (κ3) is 3.18. The van der Waals surface area contributed by atoms with E-state index in [9.17, 15) is 4.79 Å². The summed E-state index contributed by atoms with van der Waals surface area (Å²) in [6.45, 7) is 7.06. The van der Waals surface area contributed by atoms with Gasteiger partial charge in [-0.15, -0.1) is 0 Å². The molecular weight excluding hydrogens is 218 g/mol. The number of hydrazine groups is 1. The van der Waals surface area contributed by atoms with Gasteiger partial charge in [-0.05, 0) is 25.8 Å². The SMILES string of the molecule is CCCNC1CCCN(N2CCOCC2)C1=O. The van der Waals surface area contributed by atoms with Crippen molar-refractivity contribution in [1.82, 2.24) is 15.3 Å². The first kappa shape index (κ1) is 12.8. The fraction of sp³-hybridized carbons (Fsp3) is 0.917. The van der Waals surface area contributed by atoms with Crippen LogP contribution in [0.5, 0.6) is 0 Å². The highest BCUT2D eigenvalue weighted by Gasteiger charge is 2.32. The Labute approximate surface area is 103 Å². The predicted molar refractivity (Wildman–Crippen MR) is 65.4 cm³/mol. The van der Waals surface area contributed by atoms with Crippen LogP contribution >= 0.6 is 0 Å². The number of morpholine rings is 1. The zero-order chi connectivity index (χ0) is 12.1. The van der Waals surface area contributed by atoms with Gasteiger partial charge in [0.15, 0.2) is 0 Å². The number of piperidine rings is 1. The van der Waals surface area contributed by atoms with Crippen LogP contribution in [-0.4, -0.2) is 61.4 Å². The molecule has 2 aliphatic heterocycles. The van der Waals surface area contributed by atoms with Crippen LogP contribution in [0.15, 0.2) is 0 Å². The van der Waals surface area contributed by atoms with Crippen LogP contribution in [0.3, 0.4) is 0 Å². The van der Waals surface area contributed by atoms with Crippen LogP contribution in [0.25, 0.3) is 0 Å². The van der Waals surface area contributed by atoms with E-state index in [0.717, 1.165) is 58.7 Å². The minimum atomic E-state index is 0.0199. The maximum absolute atomic E-state index is 12.3. The van der Waals surface area contributed by atoms with Crippen molar-refractivity contribution >= 4 is 5.91 Å². The first-order valence-corrected chi connectivity index (χ1v) is 6.70. The van der Waals surface area contributed by atoms with Crippen molar-refractivity contribution in [3.05, 3.63) is 0 Å². The lowest BCUT2D eigenvalue weighted by atomic mass is 10.1. The molecule has 0 bridgehead atoms. The highest BCUT2D eigenvalue weighted by atomic mass is 16.5. The van der Waals surface area contributed by atoms with Crippen LogP contribution in [0.1, 0.15) is 26.2 Å². The summed E-state index contributed by atoms with van der Waals surface area (Å²) in [5, 5.41) is 7.42. The van der Waals surface area contributed by atoms with Crippen molar-refractivity contribution in [1.29, 1.82) is 0 Å². The van der Waals surface area contributed by atoms with E-state index in [1.54, 1.807) is 0 Å². The summed E-state index contributed by atoms with van der Waals surface area (Å²) in [6.07, 6.45) is 3.13. The molecule has 98 valence electrons. The fourth-order valence-electron chi connectivity index (χ4n) is 2.44. The van der Waals surface area contributed by atoms with E-state index in [0.29, 0.717) is 0 Å². The quantitative estimate of drug-likeness (QED) is 0.765. The van der Waals surface area contributed by atoms with E-state index >= 15 is 0 Å². The van der Waals surface area contributed by atoms with Crippen molar-refractivity contribution in [2.75, 3.05) is 39.4 Å². The summed E-state index contributed by atoms with van der Waals surface area (Å²) < 4.78 is 5.32. The van der Waals surface area contributed by atoms with Gasteiger partial charge in [0.25, 0.3) is 5.91 Å². The summed E-state index contributed by atoms with van der Waals surface area (Å²) in [7, 11) is 0. The van der Waals surface area contributed by atoms with Gasteiger partial charge < -0.3 is 10.1 Å². The summed E-state index contributed by atoms with van der Waals surface area (Å²) in [5.74, 6) is 0.242. The zero-order valence-electron chi connectivity index (χ0n) is 10.7. The minimum absolute atomic E-state index is 0.0199. The molecule has 0 aromatic rings. The van der Waals surface area contributed by atoms with Gasteiger partial charge in [-0.3, -0.25) is 9.80 Å². The Kier molecular flexibility index (Phi) is 4.76. The molecule has 1 atom stereocenters. The molecule has 1 amide bonds. The number of hydrogen-bond donors (Lipinski definition) is 1. The number of ether oxygens (including phenoxy) is 1. The Bertz CT molecular complexity index is 254. The number of hydrogen-bond acceptors (Lipinski definition) is 4. The molecule has 17 heavy (non-hydrogen) atoms. The van der Waals surface area contributed by atoms with Crippen LogP contribution in [-0.2, 0) is 9.53 Å². The molecule has 2 saturated heterocycles. The molecule has 2 rings (SSSR count). The Morgan fingerprint density at radius 1 is 1.35 bits per heavy atom. The van der Waals surface area contributed by atoms with Gasteiger partial charge in [-0.1, -0.05) is 6.92 Å². The van der Waals surface area contributed by atoms with Crippen molar-refractivity contribution in [2.45, 2.75) is 32.2 Å². The zero-order valence-corrected chi connectivity index (χ0v) is 10.7. The highest BCUT2D eigenvalue weighted by Crippen LogP contribution is 2.15. The van der Waals surface area contributed by atoms with Gasteiger partial charge in [0.2, 0.25) is 0 Å². The monoisotopic (exact) mass is 241 g/mol. The molecule has 1 unspecified atom stereocenters. The Morgan fingerprint density at radius 3 is 2.82 bits per heavy atom. The van der Waals surface area contributed by atoms with E-state index in [2.05, 4.69) is 17.2 Å².